The van der Waals surface area contributed by atoms with Crippen molar-refractivity contribution in [3.05, 3.63) is 84.1 Å². The number of fused-ring (bicyclic) bond motifs is 1. The minimum absolute atomic E-state index is 0.266. The molecule has 39 heavy (non-hydrogen) atoms. The van der Waals surface area contributed by atoms with Crippen LogP contribution in [0, 0.1) is 0 Å². The molecule has 2 aromatic carbocycles. The summed E-state index contributed by atoms with van der Waals surface area (Å²) in [7, 11) is 3.77. The van der Waals surface area contributed by atoms with Gasteiger partial charge in [-0.2, -0.15) is 5.10 Å². The lowest BCUT2D eigenvalue weighted by Gasteiger charge is -2.33. The Kier molecular flexibility index (Phi) is 6.68. The average Bonchev–Trinajstić information content (AvgIpc) is 3.57. The van der Waals surface area contributed by atoms with E-state index < -0.39 is 0 Å². The van der Waals surface area contributed by atoms with Crippen LogP contribution in [-0.4, -0.2) is 75.9 Å². The molecule has 1 aliphatic rings. The van der Waals surface area contributed by atoms with Crippen molar-refractivity contribution in [3.8, 4) is 17.3 Å². The molecule has 0 saturated carbocycles. The van der Waals surface area contributed by atoms with Gasteiger partial charge in [0.1, 0.15) is 17.3 Å². The molecule has 10 heteroatoms. The SMILES string of the molecule is COc1ccc(Cn2nc(NC(=O)c3ccc(N4CCN(C)CC4)nc3)cc2-c2nc3ccccc3[nH]2)cc1. The zero-order chi connectivity index (χ0) is 26.8. The molecular weight excluding hydrogens is 492 g/mol. The van der Waals surface area contributed by atoms with Crippen LogP contribution in [-0.2, 0) is 6.54 Å². The van der Waals surface area contributed by atoms with Gasteiger partial charge in [0, 0.05) is 38.4 Å². The molecule has 4 heterocycles. The number of aromatic nitrogens is 5. The highest BCUT2D eigenvalue weighted by Crippen LogP contribution is 2.25. The Bertz CT molecular complexity index is 1550. The molecule has 198 valence electrons. The summed E-state index contributed by atoms with van der Waals surface area (Å²) in [6.45, 7) is 4.33. The van der Waals surface area contributed by atoms with E-state index in [1.165, 1.54) is 0 Å². The number of amides is 1. The maximum Gasteiger partial charge on any atom is 0.258 e. The number of hydrogen-bond acceptors (Lipinski definition) is 7. The van der Waals surface area contributed by atoms with E-state index in [-0.39, 0.29) is 5.91 Å². The van der Waals surface area contributed by atoms with E-state index in [9.17, 15) is 4.79 Å². The number of para-hydroxylation sites is 2. The lowest BCUT2D eigenvalue weighted by Crippen LogP contribution is -2.44. The number of hydrogen-bond donors (Lipinski definition) is 2. The summed E-state index contributed by atoms with van der Waals surface area (Å²) in [5.41, 5.74) is 4.07. The lowest BCUT2D eigenvalue weighted by atomic mass is 10.2. The monoisotopic (exact) mass is 522 g/mol. The van der Waals surface area contributed by atoms with E-state index in [0.29, 0.717) is 23.8 Å². The van der Waals surface area contributed by atoms with E-state index in [1.54, 1.807) is 13.3 Å². The fraction of sp³-hybridized carbons (Fsp3) is 0.241. The van der Waals surface area contributed by atoms with Crippen molar-refractivity contribution in [3.63, 3.8) is 0 Å². The summed E-state index contributed by atoms with van der Waals surface area (Å²) in [5.74, 6) is 2.52. The van der Waals surface area contributed by atoms with Crippen LogP contribution in [0.5, 0.6) is 5.75 Å². The number of imidazole rings is 1. The molecule has 2 N–H and O–H groups in total. The minimum atomic E-state index is -0.266. The van der Waals surface area contributed by atoms with Crippen LogP contribution in [0.25, 0.3) is 22.6 Å². The third kappa shape index (κ3) is 5.32. The molecular formula is C29H30N8O2. The molecule has 1 fully saturated rings. The molecule has 1 amide bonds. The van der Waals surface area contributed by atoms with E-state index in [4.69, 9.17) is 14.8 Å². The summed E-state index contributed by atoms with van der Waals surface area (Å²) >= 11 is 0. The molecule has 1 saturated heterocycles. The first kappa shape index (κ1) is 24.6. The number of piperazine rings is 1. The van der Waals surface area contributed by atoms with Crippen molar-refractivity contribution < 1.29 is 9.53 Å². The predicted molar refractivity (Wildman–Crippen MR) is 151 cm³/mol. The number of likely N-dealkylation sites (N-methyl/N-ethyl adjacent to an activating group) is 1. The highest BCUT2D eigenvalue weighted by atomic mass is 16.5. The molecule has 0 unspecified atom stereocenters. The quantitative estimate of drug-likeness (QED) is 0.334. The highest BCUT2D eigenvalue weighted by molar-refractivity contribution is 6.03. The predicted octanol–water partition coefficient (Wildman–Crippen LogP) is 3.88. The third-order valence-corrected chi connectivity index (χ3v) is 6.98. The molecule has 0 spiro atoms. The Balaban J connectivity index is 1.25. The molecule has 1 aliphatic heterocycles. The summed E-state index contributed by atoms with van der Waals surface area (Å²) in [4.78, 5) is 30.3. The molecule has 0 atom stereocenters. The first-order chi connectivity index (χ1) is 19.1. The smallest absolute Gasteiger partial charge is 0.258 e. The van der Waals surface area contributed by atoms with Gasteiger partial charge in [0.15, 0.2) is 11.6 Å². The van der Waals surface area contributed by atoms with E-state index >= 15 is 0 Å². The van der Waals surface area contributed by atoms with E-state index in [2.05, 4.69) is 32.1 Å². The van der Waals surface area contributed by atoms with Gasteiger partial charge in [-0.3, -0.25) is 9.48 Å². The number of carbonyl (C=O) groups is 1. The van der Waals surface area contributed by atoms with Gasteiger partial charge >= 0.3 is 0 Å². The molecule has 0 aliphatic carbocycles. The first-order valence-corrected chi connectivity index (χ1v) is 12.9. The average molecular weight is 523 g/mol. The number of nitrogens with one attached hydrogen (secondary N) is 2. The van der Waals surface area contributed by atoms with Crippen LogP contribution in [0.3, 0.4) is 0 Å². The van der Waals surface area contributed by atoms with Gasteiger partial charge in [0.05, 0.1) is 30.3 Å². The van der Waals surface area contributed by atoms with Crippen LogP contribution < -0.4 is 15.0 Å². The van der Waals surface area contributed by atoms with Gasteiger partial charge < -0.3 is 24.8 Å². The summed E-state index contributed by atoms with van der Waals surface area (Å²) in [6, 6.07) is 21.2. The zero-order valence-electron chi connectivity index (χ0n) is 22.0. The number of nitrogens with zero attached hydrogens (tertiary/aromatic N) is 6. The normalized spacial score (nSPS) is 14.1. The number of pyridine rings is 1. The Labute approximate surface area is 226 Å². The topological polar surface area (TPSA) is 104 Å². The minimum Gasteiger partial charge on any atom is -0.497 e. The zero-order valence-corrected chi connectivity index (χ0v) is 22.0. The Morgan fingerprint density at radius 2 is 1.82 bits per heavy atom. The van der Waals surface area contributed by atoms with Crippen LogP contribution in [0.15, 0.2) is 72.9 Å². The van der Waals surface area contributed by atoms with Crippen molar-refractivity contribution in [2.75, 3.05) is 50.6 Å². The standard InChI is InChI=1S/C29H30N8O2/c1-35-13-15-36(16-14-35)27-12-9-21(18-30-27)29(38)33-26-17-25(28-31-23-5-3-4-6-24(23)32-28)37(34-26)19-20-7-10-22(39-2)11-8-20/h3-12,17-18H,13-16,19H2,1-2H3,(H,31,32)(H,33,34,38). The molecule has 0 radical (unpaired) electrons. The van der Waals surface area contributed by atoms with Gasteiger partial charge in [0.25, 0.3) is 5.91 Å². The second-order valence-electron chi connectivity index (χ2n) is 9.67. The number of benzene rings is 2. The first-order valence-electron chi connectivity index (χ1n) is 12.9. The number of methoxy groups -OCH3 is 1. The van der Waals surface area contributed by atoms with E-state index in [1.807, 2.05) is 71.4 Å². The molecule has 0 bridgehead atoms. The molecule has 5 aromatic rings. The second-order valence-corrected chi connectivity index (χ2v) is 9.67. The number of carbonyl (C=O) groups excluding carboxylic acids is 1. The van der Waals surface area contributed by atoms with Gasteiger partial charge in [-0.05, 0) is 49.0 Å². The number of ether oxygens (including phenoxy) is 1. The molecule has 10 nitrogen and oxygen atoms in total. The summed E-state index contributed by atoms with van der Waals surface area (Å²) in [6.07, 6.45) is 1.62. The number of rotatable bonds is 7. The number of anilines is 2. The maximum atomic E-state index is 13.1. The molecule has 6 rings (SSSR count). The highest BCUT2D eigenvalue weighted by Gasteiger charge is 2.18. The second kappa shape index (κ2) is 10.6. The van der Waals surface area contributed by atoms with Crippen LogP contribution in [0.4, 0.5) is 11.6 Å². The Morgan fingerprint density at radius 1 is 1.03 bits per heavy atom. The fourth-order valence-corrected chi connectivity index (χ4v) is 4.70. The van der Waals surface area contributed by atoms with Crippen molar-refractivity contribution in [1.82, 2.24) is 29.6 Å². The number of aromatic amines is 1. The van der Waals surface area contributed by atoms with Crippen LogP contribution in [0.2, 0.25) is 0 Å². The van der Waals surface area contributed by atoms with Gasteiger partial charge in [-0.1, -0.05) is 24.3 Å². The Morgan fingerprint density at radius 3 is 2.54 bits per heavy atom. The van der Waals surface area contributed by atoms with Crippen LogP contribution >= 0.6 is 0 Å². The van der Waals surface area contributed by atoms with Crippen LogP contribution in [0.1, 0.15) is 15.9 Å². The number of H-pyrrole nitrogens is 1. The summed E-state index contributed by atoms with van der Waals surface area (Å²) < 4.78 is 7.12. The van der Waals surface area contributed by atoms with Gasteiger partial charge in [0.2, 0.25) is 0 Å². The summed E-state index contributed by atoms with van der Waals surface area (Å²) in [5, 5.41) is 7.66. The van der Waals surface area contributed by atoms with Crippen molar-refractivity contribution in [2.45, 2.75) is 6.54 Å². The Hall–Kier alpha value is -4.70. The van der Waals surface area contributed by atoms with Crippen molar-refractivity contribution in [2.24, 2.45) is 0 Å². The van der Waals surface area contributed by atoms with Gasteiger partial charge in [-0.15, -0.1) is 0 Å². The van der Waals surface area contributed by atoms with E-state index in [0.717, 1.165) is 60.0 Å². The van der Waals surface area contributed by atoms with Crippen molar-refractivity contribution >= 4 is 28.6 Å². The fourth-order valence-electron chi connectivity index (χ4n) is 4.70. The largest absolute Gasteiger partial charge is 0.497 e. The van der Waals surface area contributed by atoms with Gasteiger partial charge in [-0.25, -0.2) is 9.97 Å². The lowest BCUT2D eigenvalue weighted by molar-refractivity contribution is 0.102. The molecule has 3 aromatic heterocycles. The maximum absolute atomic E-state index is 13.1. The van der Waals surface area contributed by atoms with Crippen molar-refractivity contribution in [1.29, 1.82) is 0 Å². The third-order valence-electron chi connectivity index (χ3n) is 6.98.